The monoisotopic (exact) mass is 192 g/mol. The van der Waals surface area contributed by atoms with Gasteiger partial charge in [-0.15, -0.1) is 0 Å². The van der Waals surface area contributed by atoms with Gasteiger partial charge in [-0.1, -0.05) is 26.8 Å². The average Bonchev–Trinajstić information content (AvgIpc) is 2.15. The maximum atomic E-state index is 11.8. The van der Waals surface area contributed by atoms with E-state index in [0.29, 0.717) is 0 Å². The zero-order valence-corrected chi connectivity index (χ0v) is 8.82. The molecule has 1 aromatic rings. The molecule has 0 bridgehead atoms. The van der Waals surface area contributed by atoms with Crippen LogP contribution in [0.15, 0.2) is 24.5 Å². The minimum atomic E-state index is -0.566. The molecule has 1 rings (SSSR count). The molecule has 2 N–H and O–H groups in total. The molecule has 76 valence electrons. The second-order valence-corrected chi connectivity index (χ2v) is 4.38. The summed E-state index contributed by atoms with van der Waals surface area (Å²) in [4.78, 5) is 15.8. The van der Waals surface area contributed by atoms with Crippen LogP contribution >= 0.6 is 0 Å². The van der Waals surface area contributed by atoms with Crippen molar-refractivity contribution in [3.63, 3.8) is 0 Å². The van der Waals surface area contributed by atoms with Gasteiger partial charge in [0.1, 0.15) is 0 Å². The van der Waals surface area contributed by atoms with E-state index in [1.54, 1.807) is 18.5 Å². The molecule has 0 fully saturated rings. The number of pyridine rings is 1. The van der Waals surface area contributed by atoms with Crippen LogP contribution in [-0.4, -0.2) is 10.8 Å². The molecule has 0 saturated carbocycles. The number of nitrogens with zero attached hydrogens (tertiary/aromatic N) is 1. The Morgan fingerprint density at radius 1 is 1.50 bits per heavy atom. The Bertz CT molecular complexity index is 314. The molecule has 0 aliphatic rings. The quantitative estimate of drug-likeness (QED) is 0.775. The normalized spacial score (nSPS) is 13.7. The second kappa shape index (κ2) is 3.88. The van der Waals surface area contributed by atoms with Gasteiger partial charge in [0.25, 0.3) is 0 Å². The molecule has 1 heterocycles. The first-order valence-electron chi connectivity index (χ1n) is 4.63. The second-order valence-electron chi connectivity index (χ2n) is 4.38. The third-order valence-electron chi connectivity index (χ3n) is 2.07. The summed E-state index contributed by atoms with van der Waals surface area (Å²) < 4.78 is 0. The number of carbonyl (C=O) groups excluding carboxylic acids is 1. The molecule has 0 radical (unpaired) electrons. The van der Waals surface area contributed by atoms with E-state index in [4.69, 9.17) is 5.73 Å². The van der Waals surface area contributed by atoms with Gasteiger partial charge >= 0.3 is 0 Å². The van der Waals surface area contributed by atoms with Crippen LogP contribution in [0.5, 0.6) is 0 Å². The molecule has 0 aliphatic heterocycles. The lowest BCUT2D eigenvalue weighted by atomic mass is 9.85. The number of aromatic nitrogens is 1. The Kier molecular flexibility index (Phi) is 3.01. The van der Waals surface area contributed by atoms with Crippen LogP contribution in [0, 0.1) is 5.41 Å². The Balaban J connectivity index is 2.87. The fraction of sp³-hybridized carbons (Fsp3) is 0.455. The van der Waals surface area contributed by atoms with Gasteiger partial charge in [-0.2, -0.15) is 0 Å². The number of Topliss-reactive ketones (excluding diaryl/α,β-unsaturated/α-hetero) is 1. The molecule has 0 spiro atoms. The molecule has 3 nitrogen and oxygen atoms in total. The van der Waals surface area contributed by atoms with Gasteiger partial charge in [-0.05, 0) is 11.6 Å². The van der Waals surface area contributed by atoms with Crippen LogP contribution in [0.4, 0.5) is 0 Å². The van der Waals surface area contributed by atoms with Crippen molar-refractivity contribution in [1.29, 1.82) is 0 Å². The predicted octanol–water partition coefficient (Wildman–Crippen LogP) is 1.70. The van der Waals surface area contributed by atoms with Crippen molar-refractivity contribution in [2.45, 2.75) is 26.8 Å². The summed E-state index contributed by atoms with van der Waals surface area (Å²) in [6, 6.07) is 3.04. The van der Waals surface area contributed by atoms with Crippen molar-refractivity contribution in [3.8, 4) is 0 Å². The largest absolute Gasteiger partial charge is 0.318 e. The molecule has 1 atom stereocenters. The highest BCUT2D eigenvalue weighted by Gasteiger charge is 2.27. The molecule has 0 amide bonds. The number of carbonyl (C=O) groups is 1. The van der Waals surface area contributed by atoms with Gasteiger partial charge in [0.2, 0.25) is 0 Å². The van der Waals surface area contributed by atoms with Gasteiger partial charge < -0.3 is 5.73 Å². The van der Waals surface area contributed by atoms with Gasteiger partial charge in [0.15, 0.2) is 5.78 Å². The summed E-state index contributed by atoms with van der Waals surface area (Å²) in [6.45, 7) is 5.60. The van der Waals surface area contributed by atoms with Crippen LogP contribution in [-0.2, 0) is 4.79 Å². The van der Waals surface area contributed by atoms with E-state index in [0.717, 1.165) is 5.56 Å². The van der Waals surface area contributed by atoms with E-state index < -0.39 is 11.5 Å². The zero-order chi connectivity index (χ0) is 10.8. The van der Waals surface area contributed by atoms with E-state index in [-0.39, 0.29) is 5.78 Å². The summed E-state index contributed by atoms with van der Waals surface area (Å²) in [5, 5.41) is 0. The molecule has 1 aromatic heterocycles. The SMILES string of the molecule is CC(C)(C)C(=O)C(N)c1cccnc1. The lowest BCUT2D eigenvalue weighted by Gasteiger charge is -2.21. The number of hydrogen-bond donors (Lipinski definition) is 1. The third kappa shape index (κ3) is 2.39. The summed E-state index contributed by atoms with van der Waals surface area (Å²) in [7, 11) is 0. The first-order valence-corrected chi connectivity index (χ1v) is 4.63. The van der Waals surface area contributed by atoms with Crippen LogP contribution in [0.1, 0.15) is 32.4 Å². The fourth-order valence-corrected chi connectivity index (χ4v) is 1.18. The molecule has 0 aliphatic carbocycles. The summed E-state index contributed by atoms with van der Waals surface area (Å²) in [5.74, 6) is 0.0329. The summed E-state index contributed by atoms with van der Waals surface area (Å²) in [6.07, 6.45) is 3.30. The lowest BCUT2D eigenvalue weighted by molar-refractivity contribution is -0.127. The van der Waals surface area contributed by atoms with Crippen molar-refractivity contribution >= 4 is 5.78 Å². The smallest absolute Gasteiger partial charge is 0.159 e. The average molecular weight is 192 g/mol. The topological polar surface area (TPSA) is 56.0 Å². The number of rotatable bonds is 2. The van der Waals surface area contributed by atoms with Crippen molar-refractivity contribution in [3.05, 3.63) is 30.1 Å². The van der Waals surface area contributed by atoms with E-state index in [2.05, 4.69) is 4.98 Å². The van der Waals surface area contributed by atoms with Crippen molar-refractivity contribution in [2.24, 2.45) is 11.1 Å². The molecule has 14 heavy (non-hydrogen) atoms. The number of nitrogens with two attached hydrogens (primary N) is 1. The van der Waals surface area contributed by atoms with Gasteiger partial charge in [-0.25, -0.2) is 0 Å². The standard InChI is InChI=1S/C11H16N2O/c1-11(2,3)10(14)9(12)8-5-4-6-13-7-8/h4-7,9H,12H2,1-3H3. The maximum Gasteiger partial charge on any atom is 0.159 e. The Morgan fingerprint density at radius 2 is 2.14 bits per heavy atom. The third-order valence-corrected chi connectivity index (χ3v) is 2.07. The van der Waals surface area contributed by atoms with Gasteiger partial charge in [0, 0.05) is 17.8 Å². The highest BCUT2D eigenvalue weighted by molar-refractivity contribution is 5.89. The summed E-state index contributed by atoms with van der Waals surface area (Å²) in [5.41, 5.74) is 6.20. The van der Waals surface area contributed by atoms with Crippen molar-refractivity contribution in [1.82, 2.24) is 4.98 Å². The molecule has 3 heteroatoms. The van der Waals surface area contributed by atoms with E-state index in [9.17, 15) is 4.79 Å². The Morgan fingerprint density at radius 3 is 2.57 bits per heavy atom. The predicted molar refractivity (Wildman–Crippen MR) is 55.6 cm³/mol. The number of hydrogen-bond acceptors (Lipinski definition) is 3. The maximum absolute atomic E-state index is 11.8. The van der Waals surface area contributed by atoms with Crippen LogP contribution in [0.25, 0.3) is 0 Å². The van der Waals surface area contributed by atoms with E-state index in [1.165, 1.54) is 0 Å². The highest BCUT2D eigenvalue weighted by atomic mass is 16.1. The van der Waals surface area contributed by atoms with Crippen LogP contribution < -0.4 is 5.73 Å². The minimum Gasteiger partial charge on any atom is -0.318 e. The molecule has 0 saturated heterocycles. The van der Waals surface area contributed by atoms with E-state index >= 15 is 0 Å². The highest BCUT2D eigenvalue weighted by Crippen LogP contribution is 2.23. The summed E-state index contributed by atoms with van der Waals surface area (Å²) >= 11 is 0. The van der Waals surface area contributed by atoms with Gasteiger partial charge in [-0.3, -0.25) is 9.78 Å². The van der Waals surface area contributed by atoms with Crippen molar-refractivity contribution in [2.75, 3.05) is 0 Å². The van der Waals surface area contributed by atoms with Crippen LogP contribution in [0.2, 0.25) is 0 Å². The lowest BCUT2D eigenvalue weighted by Crippen LogP contribution is -2.32. The Labute approximate surface area is 84.3 Å². The van der Waals surface area contributed by atoms with Gasteiger partial charge in [0.05, 0.1) is 6.04 Å². The fourth-order valence-electron chi connectivity index (χ4n) is 1.18. The van der Waals surface area contributed by atoms with Crippen LogP contribution in [0.3, 0.4) is 0 Å². The van der Waals surface area contributed by atoms with Crippen molar-refractivity contribution < 1.29 is 4.79 Å². The zero-order valence-electron chi connectivity index (χ0n) is 8.82. The molecular weight excluding hydrogens is 176 g/mol. The molecule has 1 unspecified atom stereocenters. The molecule has 0 aromatic carbocycles. The van der Waals surface area contributed by atoms with E-state index in [1.807, 2.05) is 26.8 Å². The molecular formula is C11H16N2O. The Hall–Kier alpha value is -1.22. The first-order chi connectivity index (χ1) is 6.43. The number of ketones is 1. The first kappa shape index (κ1) is 10.9. The minimum absolute atomic E-state index is 0.0329.